The summed E-state index contributed by atoms with van der Waals surface area (Å²) < 4.78 is 19.0. The fourth-order valence-corrected chi connectivity index (χ4v) is 2.22. The maximum atomic E-state index is 13.8. The van der Waals surface area contributed by atoms with E-state index in [2.05, 4.69) is 5.32 Å². The molecule has 2 atom stereocenters. The number of hydrogen-bond acceptors (Lipinski definition) is 3. The first-order valence-corrected chi connectivity index (χ1v) is 6.79. The lowest BCUT2D eigenvalue weighted by atomic mass is 10.1. The Morgan fingerprint density at radius 3 is 2.75 bits per heavy atom. The lowest BCUT2D eigenvalue weighted by Gasteiger charge is -2.19. The second-order valence-electron chi connectivity index (χ2n) is 6.20. The smallest absolute Gasteiger partial charge is 0.412 e. The molecule has 0 radical (unpaired) electrons. The number of carbonyl (C=O) groups excluding carboxylic acids is 1. The zero-order chi connectivity index (χ0) is 14.9. The van der Waals surface area contributed by atoms with Crippen molar-refractivity contribution in [3.05, 3.63) is 29.6 Å². The van der Waals surface area contributed by atoms with Gasteiger partial charge in [-0.1, -0.05) is 0 Å². The molecular weight excluding hydrogens is 259 g/mol. The van der Waals surface area contributed by atoms with Crippen molar-refractivity contribution in [3.8, 4) is 0 Å². The Morgan fingerprint density at radius 2 is 2.20 bits per heavy atom. The van der Waals surface area contributed by atoms with Crippen molar-refractivity contribution >= 4 is 11.8 Å². The molecule has 0 aromatic heterocycles. The van der Waals surface area contributed by atoms with Crippen molar-refractivity contribution in [2.75, 3.05) is 11.9 Å². The highest BCUT2D eigenvalue weighted by Crippen LogP contribution is 2.48. The SMILES string of the molecule is CC(C)(C)OC(=O)Nc1ccc(F)c(C2CC2CN)c1. The molecule has 1 aromatic carbocycles. The fraction of sp³-hybridized carbons (Fsp3) is 0.533. The van der Waals surface area contributed by atoms with E-state index >= 15 is 0 Å². The molecule has 1 aromatic rings. The Bertz CT molecular complexity index is 511. The Kier molecular flexibility index (Phi) is 3.99. The van der Waals surface area contributed by atoms with Gasteiger partial charge < -0.3 is 10.5 Å². The highest BCUT2D eigenvalue weighted by atomic mass is 19.1. The van der Waals surface area contributed by atoms with Crippen molar-refractivity contribution in [1.29, 1.82) is 0 Å². The summed E-state index contributed by atoms with van der Waals surface area (Å²) in [7, 11) is 0. The van der Waals surface area contributed by atoms with Crippen LogP contribution in [0.15, 0.2) is 18.2 Å². The molecule has 5 heteroatoms. The predicted molar refractivity (Wildman–Crippen MR) is 76.2 cm³/mol. The van der Waals surface area contributed by atoms with E-state index in [1.165, 1.54) is 12.1 Å². The van der Waals surface area contributed by atoms with E-state index in [9.17, 15) is 9.18 Å². The number of benzene rings is 1. The molecule has 1 saturated carbocycles. The number of hydrogen-bond donors (Lipinski definition) is 2. The van der Waals surface area contributed by atoms with Crippen LogP contribution < -0.4 is 11.1 Å². The van der Waals surface area contributed by atoms with Gasteiger partial charge in [-0.25, -0.2) is 9.18 Å². The molecule has 110 valence electrons. The van der Waals surface area contributed by atoms with Gasteiger partial charge in [0.15, 0.2) is 0 Å². The Hall–Kier alpha value is -1.62. The summed E-state index contributed by atoms with van der Waals surface area (Å²) in [5, 5.41) is 2.62. The van der Waals surface area contributed by atoms with E-state index in [0.717, 1.165) is 6.42 Å². The van der Waals surface area contributed by atoms with Crippen molar-refractivity contribution in [3.63, 3.8) is 0 Å². The van der Waals surface area contributed by atoms with E-state index in [4.69, 9.17) is 10.5 Å². The molecular formula is C15H21FN2O2. The highest BCUT2D eigenvalue weighted by molar-refractivity contribution is 5.85. The van der Waals surface area contributed by atoms with Crippen LogP contribution in [0.4, 0.5) is 14.9 Å². The molecule has 1 aliphatic rings. The molecule has 2 rings (SSSR count). The Morgan fingerprint density at radius 1 is 1.50 bits per heavy atom. The van der Waals surface area contributed by atoms with Crippen LogP contribution in [0.1, 0.15) is 38.7 Å². The van der Waals surface area contributed by atoms with Gasteiger partial charge in [0.05, 0.1) is 0 Å². The van der Waals surface area contributed by atoms with E-state index in [0.29, 0.717) is 23.7 Å². The van der Waals surface area contributed by atoms with Gasteiger partial charge in [0.1, 0.15) is 11.4 Å². The molecule has 0 bridgehead atoms. The van der Waals surface area contributed by atoms with Crippen LogP contribution in [0.25, 0.3) is 0 Å². The summed E-state index contributed by atoms with van der Waals surface area (Å²) in [5.41, 5.74) is 6.19. The fourth-order valence-electron chi connectivity index (χ4n) is 2.22. The standard InChI is InChI=1S/C15H21FN2O2/c1-15(2,3)20-14(19)18-10-4-5-13(16)12(7-10)11-6-9(11)8-17/h4-5,7,9,11H,6,8,17H2,1-3H3,(H,18,19). The van der Waals surface area contributed by atoms with Gasteiger partial charge in [0.2, 0.25) is 0 Å². The minimum absolute atomic E-state index is 0.167. The van der Waals surface area contributed by atoms with Crippen LogP contribution in [-0.4, -0.2) is 18.2 Å². The molecule has 3 N–H and O–H groups in total. The number of nitrogens with one attached hydrogen (secondary N) is 1. The van der Waals surface area contributed by atoms with Crippen molar-refractivity contribution in [2.24, 2.45) is 11.7 Å². The molecule has 4 nitrogen and oxygen atoms in total. The van der Waals surface area contributed by atoms with Crippen LogP contribution >= 0.6 is 0 Å². The third kappa shape index (κ3) is 3.70. The van der Waals surface area contributed by atoms with E-state index < -0.39 is 11.7 Å². The first kappa shape index (κ1) is 14.8. The van der Waals surface area contributed by atoms with E-state index in [-0.39, 0.29) is 11.7 Å². The molecule has 1 fully saturated rings. The predicted octanol–water partition coefficient (Wildman–Crippen LogP) is 3.23. The third-order valence-corrected chi connectivity index (χ3v) is 3.27. The van der Waals surface area contributed by atoms with Crippen LogP contribution in [-0.2, 0) is 4.74 Å². The monoisotopic (exact) mass is 280 g/mol. The average molecular weight is 280 g/mol. The minimum Gasteiger partial charge on any atom is -0.444 e. The van der Waals surface area contributed by atoms with Crippen molar-refractivity contribution in [2.45, 2.75) is 38.7 Å². The van der Waals surface area contributed by atoms with Gasteiger partial charge in [-0.3, -0.25) is 5.32 Å². The first-order chi connectivity index (χ1) is 9.30. The van der Waals surface area contributed by atoms with Crippen molar-refractivity contribution in [1.82, 2.24) is 0 Å². The lowest BCUT2D eigenvalue weighted by molar-refractivity contribution is 0.0636. The Labute approximate surface area is 118 Å². The molecule has 0 saturated heterocycles. The number of amides is 1. The quantitative estimate of drug-likeness (QED) is 0.893. The van der Waals surface area contributed by atoms with Crippen LogP contribution in [0.2, 0.25) is 0 Å². The second-order valence-corrected chi connectivity index (χ2v) is 6.20. The molecule has 0 heterocycles. The van der Waals surface area contributed by atoms with E-state index in [1.54, 1.807) is 26.8 Å². The summed E-state index contributed by atoms with van der Waals surface area (Å²) >= 11 is 0. The highest BCUT2D eigenvalue weighted by Gasteiger charge is 2.38. The topological polar surface area (TPSA) is 64.3 Å². The van der Waals surface area contributed by atoms with Crippen LogP contribution in [0.5, 0.6) is 0 Å². The van der Waals surface area contributed by atoms with Gasteiger partial charge in [-0.15, -0.1) is 0 Å². The van der Waals surface area contributed by atoms with Gasteiger partial charge >= 0.3 is 6.09 Å². The number of carbonyl (C=O) groups is 1. The number of ether oxygens (including phenoxy) is 1. The number of anilines is 1. The zero-order valence-electron chi connectivity index (χ0n) is 12.1. The maximum absolute atomic E-state index is 13.8. The zero-order valence-corrected chi connectivity index (χ0v) is 12.1. The second kappa shape index (κ2) is 5.40. The lowest BCUT2D eigenvalue weighted by Crippen LogP contribution is -2.27. The Balaban J connectivity index is 2.06. The first-order valence-electron chi connectivity index (χ1n) is 6.79. The van der Waals surface area contributed by atoms with Gasteiger partial charge in [-0.2, -0.15) is 0 Å². The van der Waals surface area contributed by atoms with E-state index in [1.807, 2.05) is 0 Å². The third-order valence-electron chi connectivity index (χ3n) is 3.27. The molecule has 1 aliphatic carbocycles. The summed E-state index contributed by atoms with van der Waals surface area (Å²) in [6.45, 7) is 5.93. The van der Waals surface area contributed by atoms with Gasteiger partial charge in [0, 0.05) is 5.69 Å². The normalized spacial score (nSPS) is 21.4. The number of halogens is 1. The molecule has 2 unspecified atom stereocenters. The maximum Gasteiger partial charge on any atom is 0.412 e. The average Bonchev–Trinajstić information content (AvgIpc) is 3.08. The molecule has 0 aliphatic heterocycles. The molecule has 20 heavy (non-hydrogen) atoms. The van der Waals surface area contributed by atoms with Crippen LogP contribution in [0, 0.1) is 11.7 Å². The molecule has 0 spiro atoms. The van der Waals surface area contributed by atoms with Crippen molar-refractivity contribution < 1.29 is 13.9 Å². The number of rotatable bonds is 3. The van der Waals surface area contributed by atoms with Gasteiger partial charge in [-0.05, 0) is 69.3 Å². The number of nitrogens with two attached hydrogens (primary N) is 1. The largest absolute Gasteiger partial charge is 0.444 e. The minimum atomic E-state index is -0.561. The summed E-state index contributed by atoms with van der Waals surface area (Å²) in [6, 6.07) is 4.57. The van der Waals surface area contributed by atoms with Crippen LogP contribution in [0.3, 0.4) is 0 Å². The summed E-state index contributed by atoms with van der Waals surface area (Å²) in [6.07, 6.45) is 0.366. The molecule has 1 amide bonds. The summed E-state index contributed by atoms with van der Waals surface area (Å²) in [5.74, 6) is 0.266. The van der Waals surface area contributed by atoms with Gasteiger partial charge in [0.25, 0.3) is 0 Å². The summed E-state index contributed by atoms with van der Waals surface area (Å²) in [4.78, 5) is 11.7.